The molecule has 0 rings (SSSR count). The van der Waals surface area contributed by atoms with Crippen molar-refractivity contribution in [1.82, 2.24) is 9.80 Å². The molecule has 0 heterocycles. The van der Waals surface area contributed by atoms with E-state index in [1.54, 1.807) is 6.92 Å². The standard InChI is InChI=1S/C12H20N2O2/c1-6-11(15)14(12(16)10(2)3)9-7-8-13(4)5/h6H,1-2,7-9H2,3-5H3. The first kappa shape index (κ1) is 14.6. The minimum Gasteiger partial charge on any atom is -0.309 e. The summed E-state index contributed by atoms with van der Waals surface area (Å²) in [5.41, 5.74) is 0.361. The third kappa shape index (κ3) is 4.89. The molecule has 90 valence electrons. The van der Waals surface area contributed by atoms with Crippen molar-refractivity contribution in [2.24, 2.45) is 0 Å². The van der Waals surface area contributed by atoms with E-state index >= 15 is 0 Å². The van der Waals surface area contributed by atoms with E-state index in [0.717, 1.165) is 19.0 Å². The lowest BCUT2D eigenvalue weighted by Crippen LogP contribution is -2.37. The molecule has 0 saturated carbocycles. The largest absolute Gasteiger partial charge is 0.309 e. The number of imide groups is 1. The van der Waals surface area contributed by atoms with Crippen LogP contribution in [-0.4, -0.2) is 48.8 Å². The van der Waals surface area contributed by atoms with Gasteiger partial charge in [-0.2, -0.15) is 0 Å². The number of carbonyl (C=O) groups is 2. The second-order valence-corrected chi connectivity index (χ2v) is 3.94. The molecule has 0 N–H and O–H groups in total. The summed E-state index contributed by atoms with van der Waals surface area (Å²) < 4.78 is 0. The quantitative estimate of drug-likeness (QED) is 0.633. The lowest BCUT2D eigenvalue weighted by molar-refractivity contribution is -0.139. The first-order chi connectivity index (χ1) is 7.40. The van der Waals surface area contributed by atoms with Crippen LogP contribution in [0.2, 0.25) is 0 Å². The molecule has 0 radical (unpaired) electrons. The van der Waals surface area contributed by atoms with Crippen LogP contribution in [0.3, 0.4) is 0 Å². The SMILES string of the molecule is C=CC(=O)N(CCCN(C)C)C(=O)C(=C)C. The fraction of sp³-hybridized carbons (Fsp3) is 0.500. The summed E-state index contributed by atoms with van der Waals surface area (Å²) in [6, 6.07) is 0. The Morgan fingerprint density at radius 3 is 2.19 bits per heavy atom. The maximum Gasteiger partial charge on any atom is 0.255 e. The molecular formula is C12H20N2O2. The molecule has 0 aromatic heterocycles. The van der Waals surface area contributed by atoms with Crippen LogP contribution in [0.4, 0.5) is 0 Å². The molecule has 0 saturated heterocycles. The average molecular weight is 224 g/mol. The minimum atomic E-state index is -0.369. The Hall–Kier alpha value is -1.42. The van der Waals surface area contributed by atoms with E-state index < -0.39 is 0 Å². The molecule has 2 amide bonds. The Bertz CT molecular complexity index is 295. The highest BCUT2D eigenvalue weighted by Gasteiger charge is 2.18. The van der Waals surface area contributed by atoms with Crippen molar-refractivity contribution in [2.45, 2.75) is 13.3 Å². The van der Waals surface area contributed by atoms with Crippen molar-refractivity contribution in [3.05, 3.63) is 24.8 Å². The zero-order chi connectivity index (χ0) is 12.7. The van der Waals surface area contributed by atoms with Crippen LogP contribution in [0.25, 0.3) is 0 Å². The van der Waals surface area contributed by atoms with Gasteiger partial charge in [0.15, 0.2) is 0 Å². The maximum atomic E-state index is 11.7. The first-order valence-corrected chi connectivity index (χ1v) is 5.18. The van der Waals surface area contributed by atoms with Crippen LogP contribution < -0.4 is 0 Å². The molecule has 16 heavy (non-hydrogen) atoms. The van der Waals surface area contributed by atoms with Crippen LogP contribution in [0.15, 0.2) is 24.8 Å². The summed E-state index contributed by atoms with van der Waals surface area (Å²) >= 11 is 0. The van der Waals surface area contributed by atoms with Gasteiger partial charge < -0.3 is 4.90 Å². The number of nitrogens with zero attached hydrogens (tertiary/aromatic N) is 2. The van der Waals surface area contributed by atoms with Gasteiger partial charge in [-0.3, -0.25) is 14.5 Å². The monoisotopic (exact) mass is 224 g/mol. The number of hydrogen-bond acceptors (Lipinski definition) is 3. The lowest BCUT2D eigenvalue weighted by atomic mass is 10.2. The Balaban J connectivity index is 4.45. The fourth-order valence-electron chi connectivity index (χ4n) is 1.20. The maximum absolute atomic E-state index is 11.7. The summed E-state index contributed by atoms with van der Waals surface area (Å²) in [5, 5.41) is 0. The lowest BCUT2D eigenvalue weighted by Gasteiger charge is -2.20. The van der Waals surface area contributed by atoms with Gasteiger partial charge in [-0.1, -0.05) is 13.2 Å². The molecular weight excluding hydrogens is 204 g/mol. The summed E-state index contributed by atoms with van der Waals surface area (Å²) in [6.45, 7) is 9.75. The third-order valence-corrected chi connectivity index (χ3v) is 2.04. The van der Waals surface area contributed by atoms with Gasteiger partial charge >= 0.3 is 0 Å². The van der Waals surface area contributed by atoms with Gasteiger partial charge in [0, 0.05) is 12.1 Å². The Morgan fingerprint density at radius 1 is 1.25 bits per heavy atom. The van der Waals surface area contributed by atoms with Crippen molar-refractivity contribution in [3.8, 4) is 0 Å². The molecule has 0 aliphatic carbocycles. The molecule has 0 aromatic carbocycles. The second kappa shape index (κ2) is 6.95. The van der Waals surface area contributed by atoms with E-state index in [0.29, 0.717) is 12.1 Å². The zero-order valence-electron chi connectivity index (χ0n) is 10.3. The molecule has 4 nitrogen and oxygen atoms in total. The highest BCUT2D eigenvalue weighted by Crippen LogP contribution is 2.02. The molecule has 0 fully saturated rings. The van der Waals surface area contributed by atoms with Gasteiger partial charge in [-0.05, 0) is 40.1 Å². The van der Waals surface area contributed by atoms with Crippen molar-refractivity contribution < 1.29 is 9.59 Å². The minimum absolute atomic E-state index is 0.330. The molecule has 0 unspecified atom stereocenters. The summed E-state index contributed by atoms with van der Waals surface area (Å²) in [7, 11) is 3.89. The third-order valence-electron chi connectivity index (χ3n) is 2.04. The molecule has 0 aromatic rings. The molecule has 0 bridgehead atoms. The van der Waals surface area contributed by atoms with E-state index in [9.17, 15) is 9.59 Å². The van der Waals surface area contributed by atoms with E-state index in [1.165, 1.54) is 4.90 Å². The predicted molar refractivity (Wildman–Crippen MR) is 64.9 cm³/mol. The molecule has 0 aliphatic rings. The predicted octanol–water partition coefficient (Wildman–Crippen LogP) is 1.06. The van der Waals surface area contributed by atoms with Gasteiger partial charge in [0.2, 0.25) is 0 Å². The number of hydrogen-bond donors (Lipinski definition) is 0. The molecule has 0 spiro atoms. The van der Waals surface area contributed by atoms with Gasteiger partial charge in [-0.15, -0.1) is 0 Å². The number of amides is 2. The van der Waals surface area contributed by atoms with Gasteiger partial charge in [-0.25, -0.2) is 0 Å². The Kier molecular flexibility index (Phi) is 6.34. The molecule has 4 heteroatoms. The van der Waals surface area contributed by atoms with Crippen molar-refractivity contribution in [3.63, 3.8) is 0 Å². The van der Waals surface area contributed by atoms with E-state index in [1.807, 2.05) is 19.0 Å². The Morgan fingerprint density at radius 2 is 1.81 bits per heavy atom. The average Bonchev–Trinajstić information content (AvgIpc) is 2.22. The van der Waals surface area contributed by atoms with Crippen LogP contribution in [0.1, 0.15) is 13.3 Å². The molecule has 0 aliphatic heterocycles. The Labute approximate surface area is 97.2 Å². The zero-order valence-corrected chi connectivity index (χ0v) is 10.3. The van der Waals surface area contributed by atoms with E-state index in [4.69, 9.17) is 0 Å². The van der Waals surface area contributed by atoms with Gasteiger partial charge in [0.1, 0.15) is 0 Å². The van der Waals surface area contributed by atoms with Crippen LogP contribution in [0.5, 0.6) is 0 Å². The van der Waals surface area contributed by atoms with Crippen molar-refractivity contribution in [1.29, 1.82) is 0 Å². The smallest absolute Gasteiger partial charge is 0.255 e. The van der Waals surface area contributed by atoms with Crippen LogP contribution in [-0.2, 0) is 9.59 Å². The van der Waals surface area contributed by atoms with Crippen LogP contribution >= 0.6 is 0 Å². The van der Waals surface area contributed by atoms with Gasteiger partial charge in [0.05, 0.1) is 0 Å². The van der Waals surface area contributed by atoms with Crippen LogP contribution in [0, 0.1) is 0 Å². The molecule has 0 atom stereocenters. The fourth-order valence-corrected chi connectivity index (χ4v) is 1.20. The summed E-state index contributed by atoms with van der Waals surface area (Å²) in [4.78, 5) is 26.3. The number of carbonyl (C=O) groups excluding carboxylic acids is 2. The topological polar surface area (TPSA) is 40.6 Å². The number of rotatable bonds is 6. The highest BCUT2D eigenvalue weighted by molar-refractivity contribution is 6.06. The van der Waals surface area contributed by atoms with E-state index in [-0.39, 0.29) is 11.8 Å². The van der Waals surface area contributed by atoms with Crippen molar-refractivity contribution in [2.75, 3.05) is 27.2 Å². The van der Waals surface area contributed by atoms with Crippen molar-refractivity contribution >= 4 is 11.8 Å². The van der Waals surface area contributed by atoms with E-state index in [2.05, 4.69) is 13.2 Å². The van der Waals surface area contributed by atoms with Gasteiger partial charge in [0.25, 0.3) is 11.8 Å². The first-order valence-electron chi connectivity index (χ1n) is 5.18. The summed E-state index contributed by atoms with van der Waals surface area (Å²) in [5.74, 6) is -0.699. The highest BCUT2D eigenvalue weighted by atomic mass is 16.2. The second-order valence-electron chi connectivity index (χ2n) is 3.94. The summed E-state index contributed by atoms with van der Waals surface area (Å²) in [6.07, 6.45) is 1.89. The normalized spacial score (nSPS) is 10.0.